The molecule has 1 atom stereocenters. The Bertz CT molecular complexity index is 188. The Hall–Kier alpha value is 2.84. The van der Waals surface area contributed by atoms with Crippen molar-refractivity contribution < 1.29 is 4.74 Å². The van der Waals surface area contributed by atoms with Crippen LogP contribution in [0.4, 0.5) is 0 Å². The van der Waals surface area contributed by atoms with Gasteiger partial charge in [-0.05, 0) is 19.3 Å². The maximum absolute atomic E-state index is 5.81. The molecule has 0 aromatic heterocycles. The molecule has 0 bridgehead atoms. The van der Waals surface area contributed by atoms with Crippen LogP contribution in [0.15, 0.2) is 0 Å². The van der Waals surface area contributed by atoms with Gasteiger partial charge in [0.05, 0.1) is 12.0 Å². The number of hydrogen-bond donors (Lipinski definition) is 0. The van der Waals surface area contributed by atoms with Crippen LogP contribution >= 0.6 is 95.6 Å². The van der Waals surface area contributed by atoms with Gasteiger partial charge in [-0.3, -0.25) is 0 Å². The van der Waals surface area contributed by atoms with E-state index < -0.39 is 0 Å². The fourth-order valence-corrected chi connectivity index (χ4v) is 8.23. The van der Waals surface area contributed by atoms with Gasteiger partial charge < -0.3 is 4.74 Å². The first kappa shape index (κ1) is 15.9. The highest BCUT2D eigenvalue weighted by Gasteiger charge is 2.49. The summed E-state index contributed by atoms with van der Waals surface area (Å²) in [5.41, 5.74) is 0. The summed E-state index contributed by atoms with van der Waals surface area (Å²) >= 11 is 21.5. The van der Waals surface area contributed by atoms with Gasteiger partial charge in [0, 0.05) is 6.61 Å². The molecule has 1 heterocycles. The van der Waals surface area contributed by atoms with Crippen LogP contribution < -0.4 is 0 Å². The van der Waals surface area contributed by atoms with Crippen molar-refractivity contribution in [1.29, 1.82) is 0 Å². The van der Waals surface area contributed by atoms with Gasteiger partial charge in [-0.25, -0.2) is 0 Å². The van der Waals surface area contributed by atoms with Crippen LogP contribution in [0.5, 0.6) is 0 Å². The van der Waals surface area contributed by atoms with Crippen LogP contribution in [-0.2, 0) is 4.74 Å². The van der Waals surface area contributed by atoms with E-state index in [-0.39, 0.29) is 16.3 Å². The largest absolute Gasteiger partial charge is 0.378 e. The third kappa shape index (κ3) is 5.15. The van der Waals surface area contributed by atoms with E-state index >= 15 is 0 Å². The van der Waals surface area contributed by atoms with Crippen molar-refractivity contribution in [3.05, 3.63) is 0 Å². The van der Waals surface area contributed by atoms with Crippen molar-refractivity contribution in [2.75, 3.05) is 6.61 Å². The summed E-state index contributed by atoms with van der Waals surface area (Å²) in [4.78, 5) is 0. The van der Waals surface area contributed by atoms with Crippen LogP contribution in [0.2, 0.25) is 0 Å². The van der Waals surface area contributed by atoms with Crippen molar-refractivity contribution in [2.24, 2.45) is 5.92 Å². The molecule has 1 fully saturated rings. The van der Waals surface area contributed by atoms with Crippen molar-refractivity contribution in [3.63, 3.8) is 0 Å². The Morgan fingerprint density at radius 1 is 0.933 bits per heavy atom. The van der Waals surface area contributed by atoms with Crippen LogP contribution in [0, 0.1) is 5.92 Å². The highest BCUT2D eigenvalue weighted by Crippen LogP contribution is 2.57. The maximum Gasteiger partial charge on any atom is 0.143 e. The lowest BCUT2D eigenvalue weighted by Gasteiger charge is -2.40. The van der Waals surface area contributed by atoms with Crippen molar-refractivity contribution in [3.8, 4) is 0 Å². The van der Waals surface area contributed by atoms with Crippen LogP contribution in [0.25, 0.3) is 0 Å². The lowest BCUT2D eigenvalue weighted by molar-refractivity contribution is -0.0140. The van der Waals surface area contributed by atoms with Gasteiger partial charge in [-0.15, -0.1) is 0 Å². The Morgan fingerprint density at radius 2 is 1.47 bits per heavy atom. The zero-order chi connectivity index (χ0) is 11.7. The van der Waals surface area contributed by atoms with Gasteiger partial charge in [0.15, 0.2) is 0 Å². The van der Waals surface area contributed by atoms with Gasteiger partial charge >= 0.3 is 0 Å². The van der Waals surface area contributed by atoms with E-state index in [4.69, 9.17) is 4.74 Å². The predicted molar refractivity (Wildman–Crippen MR) is 86.1 cm³/mol. The molecule has 0 amide bonds. The first-order valence-corrected chi connectivity index (χ1v) is 9.24. The Labute approximate surface area is 141 Å². The molecule has 0 radical (unpaired) electrons. The van der Waals surface area contributed by atoms with Gasteiger partial charge in [0.25, 0.3) is 0 Å². The molecule has 15 heavy (non-hydrogen) atoms. The van der Waals surface area contributed by atoms with E-state index in [2.05, 4.69) is 95.6 Å². The molecule has 0 N–H and O–H groups in total. The third-order valence-electron chi connectivity index (χ3n) is 2.29. The second-order valence-corrected chi connectivity index (χ2v) is 17.4. The van der Waals surface area contributed by atoms with E-state index in [0.29, 0.717) is 0 Å². The first-order valence-electron chi connectivity index (χ1n) is 4.48. The van der Waals surface area contributed by atoms with E-state index in [9.17, 15) is 0 Å². The van der Waals surface area contributed by atoms with Gasteiger partial charge in [-0.1, -0.05) is 95.6 Å². The number of alkyl halides is 6. The standard InChI is InChI=1S/C8H10Br6O/c9-7(10,11)6(8(12,13)14)5-3-1-2-4-15-5/h5-6H,1-4H2. The Balaban J connectivity index is 2.80. The summed E-state index contributed by atoms with van der Waals surface area (Å²) in [5.74, 6) is 0.144. The second kappa shape index (κ2) is 6.33. The summed E-state index contributed by atoms with van der Waals surface area (Å²) in [5, 5.41) is 0. The summed E-state index contributed by atoms with van der Waals surface area (Å²) in [6, 6.07) is 0. The molecule has 0 aromatic carbocycles. The average molecular weight is 602 g/mol. The molecule has 1 rings (SSSR count). The monoisotopic (exact) mass is 596 g/mol. The van der Waals surface area contributed by atoms with Crippen LogP contribution in [0.3, 0.4) is 0 Å². The van der Waals surface area contributed by atoms with Crippen molar-refractivity contribution in [1.82, 2.24) is 0 Å². The number of ether oxygens (including phenoxy) is 1. The highest BCUT2D eigenvalue weighted by atomic mass is 80.0. The fourth-order valence-electron chi connectivity index (χ4n) is 1.64. The molecular formula is C8H10Br6O. The summed E-state index contributed by atoms with van der Waals surface area (Å²) in [6.07, 6.45) is 3.63. The summed E-state index contributed by atoms with van der Waals surface area (Å²) in [6.45, 7) is 0.841. The third-order valence-corrected chi connectivity index (χ3v) is 5.25. The normalized spacial score (nSPS) is 24.6. The fraction of sp³-hybridized carbons (Fsp3) is 1.00. The molecule has 0 aromatic rings. The first-order chi connectivity index (χ1) is 6.73. The molecule has 1 unspecified atom stereocenters. The minimum atomic E-state index is -0.370. The second-order valence-electron chi connectivity index (χ2n) is 3.47. The molecule has 1 aliphatic rings. The van der Waals surface area contributed by atoms with Crippen molar-refractivity contribution >= 4 is 95.6 Å². The average Bonchev–Trinajstić information content (AvgIpc) is 2.00. The number of hydrogen-bond acceptors (Lipinski definition) is 1. The molecule has 1 aliphatic heterocycles. The van der Waals surface area contributed by atoms with Crippen LogP contribution in [0.1, 0.15) is 19.3 Å². The van der Waals surface area contributed by atoms with E-state index in [0.717, 1.165) is 19.4 Å². The molecule has 7 heteroatoms. The molecule has 0 aliphatic carbocycles. The van der Waals surface area contributed by atoms with Crippen LogP contribution in [-0.4, -0.2) is 17.0 Å². The van der Waals surface area contributed by atoms with Crippen molar-refractivity contribution in [2.45, 2.75) is 29.7 Å². The SMILES string of the molecule is BrC(Br)(Br)C(C1CCCCO1)C(Br)(Br)Br. The quantitative estimate of drug-likeness (QED) is 0.343. The molecule has 1 nitrogen and oxygen atoms in total. The summed E-state index contributed by atoms with van der Waals surface area (Å²) < 4.78 is 5.07. The van der Waals surface area contributed by atoms with E-state index in [1.165, 1.54) is 6.42 Å². The van der Waals surface area contributed by atoms with Gasteiger partial charge in [-0.2, -0.15) is 0 Å². The maximum atomic E-state index is 5.81. The smallest absolute Gasteiger partial charge is 0.143 e. The molecule has 1 saturated heterocycles. The minimum Gasteiger partial charge on any atom is -0.378 e. The van der Waals surface area contributed by atoms with Gasteiger partial charge in [0.1, 0.15) is 4.29 Å². The number of halogens is 6. The topological polar surface area (TPSA) is 9.23 Å². The van der Waals surface area contributed by atoms with Gasteiger partial charge in [0.2, 0.25) is 0 Å². The molecule has 90 valence electrons. The minimum absolute atomic E-state index is 0.144. The zero-order valence-electron chi connectivity index (χ0n) is 7.66. The molecule has 0 saturated carbocycles. The number of rotatable bonds is 1. The summed E-state index contributed by atoms with van der Waals surface area (Å²) in [7, 11) is 0. The predicted octanol–water partition coefficient (Wildman–Crippen LogP) is 5.85. The Kier molecular flexibility index (Phi) is 6.71. The lowest BCUT2D eigenvalue weighted by atomic mass is 9.99. The Morgan fingerprint density at radius 3 is 1.80 bits per heavy atom. The van der Waals surface area contributed by atoms with E-state index in [1.807, 2.05) is 0 Å². The molecule has 0 spiro atoms. The van der Waals surface area contributed by atoms with E-state index in [1.54, 1.807) is 0 Å². The molecular weight excluding hydrogens is 592 g/mol. The lowest BCUT2D eigenvalue weighted by Crippen LogP contribution is -2.42. The zero-order valence-corrected chi connectivity index (χ0v) is 17.2. The highest BCUT2D eigenvalue weighted by molar-refractivity contribution is 9.40.